The molecule has 0 spiro atoms. The normalized spacial score (nSPS) is 38.8. The molecule has 15 heavy (non-hydrogen) atoms. The second-order valence-corrected chi connectivity index (χ2v) is 4.96. The van der Waals surface area contributed by atoms with Crippen molar-refractivity contribution in [2.24, 2.45) is 0 Å². The van der Waals surface area contributed by atoms with Crippen LogP contribution in [0.5, 0.6) is 0 Å². The van der Waals surface area contributed by atoms with E-state index < -0.39 is 0 Å². The summed E-state index contributed by atoms with van der Waals surface area (Å²) in [6.45, 7) is 0. The number of carbonyl (C=O) groups is 1. The van der Waals surface area contributed by atoms with Gasteiger partial charge in [-0.1, -0.05) is 0 Å². The largest absolute Gasteiger partial charge is 0.373 e. The van der Waals surface area contributed by atoms with E-state index in [1.165, 1.54) is 12.8 Å². The Hall–Kier alpha value is -0.770. The molecule has 0 aromatic heterocycles. The maximum Gasteiger partial charge on any atom is 0.315 e. The molecule has 2 N–H and O–H groups in total. The van der Waals surface area contributed by atoms with Crippen molar-refractivity contribution >= 4 is 6.03 Å². The van der Waals surface area contributed by atoms with Crippen LogP contribution in [0.25, 0.3) is 0 Å². The summed E-state index contributed by atoms with van der Waals surface area (Å²) < 4.78 is 5.69. The number of carbonyl (C=O) groups excluding carboxylic acids is 1. The fourth-order valence-corrected chi connectivity index (χ4v) is 2.74. The summed E-state index contributed by atoms with van der Waals surface area (Å²) in [5.74, 6) is 0. The lowest BCUT2D eigenvalue weighted by atomic mass is 9.93. The Bertz CT molecular complexity index is 265. The topological polar surface area (TPSA) is 50.4 Å². The summed E-state index contributed by atoms with van der Waals surface area (Å²) in [6, 6.07) is 0.675. The van der Waals surface area contributed by atoms with Gasteiger partial charge in [-0.2, -0.15) is 0 Å². The molecular weight excluding hydrogens is 192 g/mol. The van der Waals surface area contributed by atoms with Gasteiger partial charge >= 0.3 is 6.03 Å². The number of rotatable bonds is 2. The van der Waals surface area contributed by atoms with Gasteiger partial charge in [0, 0.05) is 6.04 Å². The van der Waals surface area contributed by atoms with E-state index in [-0.39, 0.29) is 18.2 Å². The average Bonchev–Trinajstić information content (AvgIpc) is 2.72. The molecule has 84 valence electrons. The summed E-state index contributed by atoms with van der Waals surface area (Å²) in [6.07, 6.45) is 7.50. The van der Waals surface area contributed by atoms with Crippen molar-refractivity contribution in [2.75, 3.05) is 0 Å². The van der Waals surface area contributed by atoms with E-state index in [0.717, 1.165) is 25.7 Å². The zero-order valence-electron chi connectivity index (χ0n) is 8.87. The summed E-state index contributed by atoms with van der Waals surface area (Å²) in [5.41, 5.74) is 0. The smallest absolute Gasteiger partial charge is 0.315 e. The van der Waals surface area contributed by atoms with Crippen LogP contribution < -0.4 is 10.6 Å². The number of hydrogen-bond donors (Lipinski definition) is 2. The van der Waals surface area contributed by atoms with E-state index in [4.69, 9.17) is 4.74 Å². The molecule has 3 unspecified atom stereocenters. The Morgan fingerprint density at radius 1 is 1.13 bits per heavy atom. The summed E-state index contributed by atoms with van der Waals surface area (Å²) >= 11 is 0. The minimum absolute atomic E-state index is 0.000787. The number of ether oxygens (including phenoxy) is 1. The monoisotopic (exact) mass is 210 g/mol. The SMILES string of the molecule is O=C(NC1CCC1)NC1CC2CCC1O2. The van der Waals surface area contributed by atoms with Crippen molar-refractivity contribution in [1.82, 2.24) is 10.6 Å². The maximum atomic E-state index is 11.6. The third kappa shape index (κ3) is 1.83. The minimum Gasteiger partial charge on any atom is -0.373 e. The van der Waals surface area contributed by atoms with Crippen LogP contribution in [-0.4, -0.2) is 30.3 Å². The zero-order valence-corrected chi connectivity index (χ0v) is 8.87. The lowest BCUT2D eigenvalue weighted by molar-refractivity contribution is 0.0979. The summed E-state index contributed by atoms with van der Waals surface area (Å²) in [7, 11) is 0. The molecular formula is C11H18N2O2. The van der Waals surface area contributed by atoms with Crippen LogP contribution in [0.1, 0.15) is 38.5 Å². The molecule has 3 rings (SSSR count). The Kier molecular flexibility index (Phi) is 2.31. The molecule has 0 aromatic rings. The van der Waals surface area contributed by atoms with Gasteiger partial charge in [-0.05, 0) is 38.5 Å². The van der Waals surface area contributed by atoms with E-state index in [1.807, 2.05) is 0 Å². The molecule has 3 fully saturated rings. The molecule has 1 saturated carbocycles. The van der Waals surface area contributed by atoms with Gasteiger partial charge in [-0.15, -0.1) is 0 Å². The van der Waals surface area contributed by atoms with E-state index in [9.17, 15) is 4.79 Å². The predicted octanol–water partition coefficient (Wildman–Crippen LogP) is 1.16. The van der Waals surface area contributed by atoms with Crippen LogP contribution in [0.3, 0.4) is 0 Å². The van der Waals surface area contributed by atoms with Crippen molar-refractivity contribution < 1.29 is 9.53 Å². The molecule has 3 aliphatic rings. The first-order chi connectivity index (χ1) is 7.31. The second-order valence-electron chi connectivity index (χ2n) is 4.96. The highest BCUT2D eigenvalue weighted by molar-refractivity contribution is 5.74. The predicted molar refractivity (Wildman–Crippen MR) is 55.6 cm³/mol. The number of hydrogen-bond acceptors (Lipinski definition) is 2. The number of fused-ring (bicyclic) bond motifs is 2. The zero-order chi connectivity index (χ0) is 10.3. The van der Waals surface area contributed by atoms with Crippen LogP contribution in [0.2, 0.25) is 0 Å². The molecule has 3 atom stereocenters. The van der Waals surface area contributed by atoms with Crippen LogP contribution in [0, 0.1) is 0 Å². The minimum atomic E-state index is 0.000787. The quantitative estimate of drug-likeness (QED) is 0.718. The average molecular weight is 210 g/mol. The highest BCUT2D eigenvalue weighted by Crippen LogP contribution is 2.34. The van der Waals surface area contributed by atoms with Gasteiger partial charge in [0.25, 0.3) is 0 Å². The number of urea groups is 1. The van der Waals surface area contributed by atoms with Crippen LogP contribution >= 0.6 is 0 Å². The molecule has 0 radical (unpaired) electrons. The van der Waals surface area contributed by atoms with Gasteiger partial charge in [0.15, 0.2) is 0 Å². The Morgan fingerprint density at radius 2 is 2.00 bits per heavy atom. The van der Waals surface area contributed by atoms with Crippen molar-refractivity contribution in [3.63, 3.8) is 0 Å². The van der Waals surface area contributed by atoms with Gasteiger partial charge in [-0.25, -0.2) is 4.79 Å². The van der Waals surface area contributed by atoms with Crippen LogP contribution in [0.15, 0.2) is 0 Å². The molecule has 1 aliphatic carbocycles. The molecule has 2 bridgehead atoms. The Labute approximate surface area is 89.7 Å². The van der Waals surface area contributed by atoms with Gasteiger partial charge in [0.1, 0.15) is 0 Å². The van der Waals surface area contributed by atoms with Gasteiger partial charge in [0.05, 0.1) is 18.2 Å². The summed E-state index contributed by atoms with van der Waals surface area (Å²) in [5, 5.41) is 6.03. The standard InChI is InChI=1S/C11H18N2O2/c14-11(12-7-2-1-3-7)13-9-6-8-4-5-10(9)15-8/h7-10H,1-6H2,(H2,12,13,14). The maximum absolute atomic E-state index is 11.6. The lowest BCUT2D eigenvalue weighted by Crippen LogP contribution is -2.50. The fourth-order valence-electron chi connectivity index (χ4n) is 2.74. The highest BCUT2D eigenvalue weighted by Gasteiger charge is 2.41. The van der Waals surface area contributed by atoms with Crippen molar-refractivity contribution in [3.8, 4) is 0 Å². The van der Waals surface area contributed by atoms with E-state index in [2.05, 4.69) is 10.6 Å². The molecule has 4 heteroatoms. The third-order valence-electron chi connectivity index (χ3n) is 3.86. The third-order valence-corrected chi connectivity index (χ3v) is 3.86. The molecule has 0 aromatic carbocycles. The highest BCUT2D eigenvalue weighted by atomic mass is 16.5. The lowest BCUT2D eigenvalue weighted by Gasteiger charge is -2.28. The molecule has 2 heterocycles. The first kappa shape index (κ1) is 9.46. The van der Waals surface area contributed by atoms with Crippen molar-refractivity contribution in [1.29, 1.82) is 0 Å². The first-order valence-electron chi connectivity index (χ1n) is 6.04. The summed E-state index contributed by atoms with van der Waals surface area (Å²) in [4.78, 5) is 11.6. The Balaban J connectivity index is 1.46. The molecule has 4 nitrogen and oxygen atoms in total. The Morgan fingerprint density at radius 3 is 2.53 bits per heavy atom. The van der Waals surface area contributed by atoms with Crippen molar-refractivity contribution in [2.45, 2.75) is 62.8 Å². The van der Waals surface area contributed by atoms with Gasteiger partial charge in [0.2, 0.25) is 0 Å². The van der Waals surface area contributed by atoms with Crippen LogP contribution in [0.4, 0.5) is 4.79 Å². The van der Waals surface area contributed by atoms with Crippen molar-refractivity contribution in [3.05, 3.63) is 0 Å². The van der Waals surface area contributed by atoms with Gasteiger partial charge < -0.3 is 15.4 Å². The molecule has 2 aliphatic heterocycles. The van der Waals surface area contributed by atoms with E-state index in [1.54, 1.807) is 0 Å². The van der Waals surface area contributed by atoms with Crippen LogP contribution in [-0.2, 0) is 4.74 Å². The van der Waals surface area contributed by atoms with E-state index >= 15 is 0 Å². The van der Waals surface area contributed by atoms with Gasteiger partial charge in [-0.3, -0.25) is 0 Å². The first-order valence-corrected chi connectivity index (χ1v) is 6.04. The number of amides is 2. The second kappa shape index (κ2) is 3.67. The molecule has 2 saturated heterocycles. The molecule has 2 amide bonds. The van der Waals surface area contributed by atoms with E-state index in [0.29, 0.717) is 12.1 Å². The number of nitrogens with one attached hydrogen (secondary N) is 2. The fraction of sp³-hybridized carbons (Fsp3) is 0.909.